The lowest BCUT2D eigenvalue weighted by Crippen LogP contribution is -1.88. The Labute approximate surface area is 112 Å². The zero-order valence-electron chi connectivity index (χ0n) is 10.1. The van der Waals surface area contributed by atoms with Crippen molar-refractivity contribution < 1.29 is 4.84 Å². The summed E-state index contributed by atoms with van der Waals surface area (Å²) >= 11 is 5.85. The molecule has 0 aliphatic heterocycles. The summed E-state index contributed by atoms with van der Waals surface area (Å²) < 4.78 is 0. The molecule has 91 valence electrons. The highest BCUT2D eigenvalue weighted by Crippen LogP contribution is 2.09. The Morgan fingerprint density at radius 3 is 2.78 bits per heavy atom. The molecular weight excluding hydrogens is 246 g/mol. The van der Waals surface area contributed by atoms with Crippen LogP contribution in [-0.4, -0.2) is 6.21 Å². The highest BCUT2D eigenvalue weighted by molar-refractivity contribution is 6.30. The van der Waals surface area contributed by atoms with Gasteiger partial charge in [0.05, 0.1) is 0 Å². The van der Waals surface area contributed by atoms with Crippen molar-refractivity contribution in [2.24, 2.45) is 5.16 Å². The van der Waals surface area contributed by atoms with Crippen LogP contribution in [0.2, 0.25) is 5.02 Å². The van der Waals surface area contributed by atoms with Crippen LogP contribution in [0.3, 0.4) is 0 Å². The summed E-state index contributed by atoms with van der Waals surface area (Å²) in [4.78, 5) is 5.19. The van der Waals surface area contributed by atoms with Gasteiger partial charge in [0.15, 0.2) is 0 Å². The molecule has 0 heterocycles. The van der Waals surface area contributed by atoms with Gasteiger partial charge < -0.3 is 4.84 Å². The molecule has 2 rings (SSSR count). The molecule has 0 unspecified atom stereocenters. The molecular formula is C15H13ClNO. The van der Waals surface area contributed by atoms with Crippen molar-refractivity contribution in [2.75, 3.05) is 0 Å². The Morgan fingerprint density at radius 2 is 2.00 bits per heavy atom. The van der Waals surface area contributed by atoms with E-state index in [9.17, 15) is 0 Å². The lowest BCUT2D eigenvalue weighted by Gasteiger charge is -2.00. The van der Waals surface area contributed by atoms with E-state index in [2.05, 4.69) is 17.4 Å². The van der Waals surface area contributed by atoms with Crippen molar-refractivity contribution >= 4 is 17.8 Å². The van der Waals surface area contributed by atoms with Gasteiger partial charge in [0.1, 0.15) is 12.8 Å². The average Bonchev–Trinajstić information content (AvgIpc) is 2.35. The lowest BCUT2D eigenvalue weighted by molar-refractivity contribution is 0.132. The van der Waals surface area contributed by atoms with Crippen molar-refractivity contribution in [3.8, 4) is 0 Å². The molecule has 0 fully saturated rings. The molecule has 0 aliphatic carbocycles. The molecule has 2 nitrogen and oxygen atoms in total. The lowest BCUT2D eigenvalue weighted by atomic mass is 10.1. The first-order valence-corrected chi connectivity index (χ1v) is 6.01. The van der Waals surface area contributed by atoms with Crippen LogP contribution in [0.1, 0.15) is 16.7 Å². The number of nitrogens with zero attached hydrogens (tertiary/aromatic N) is 1. The van der Waals surface area contributed by atoms with Gasteiger partial charge in [-0.2, -0.15) is 0 Å². The first kappa shape index (κ1) is 12.7. The molecule has 0 aliphatic rings. The average molecular weight is 259 g/mol. The fraction of sp³-hybridized carbons (Fsp3) is 0.133. The largest absolute Gasteiger partial charge is 0.390 e. The highest BCUT2D eigenvalue weighted by Gasteiger charge is 1.93. The standard InChI is InChI=1S/C15H13ClNO/c1-12-4-2-6-14(8-12)11-18-17-10-13-5-3-7-15(16)9-13/h2-9H,11H2,1H3. The minimum Gasteiger partial charge on any atom is -0.390 e. The minimum absolute atomic E-state index is 0.440. The van der Waals surface area contributed by atoms with E-state index >= 15 is 0 Å². The van der Waals surface area contributed by atoms with Gasteiger partial charge in [0.2, 0.25) is 0 Å². The molecule has 18 heavy (non-hydrogen) atoms. The second-order valence-corrected chi connectivity index (χ2v) is 4.41. The normalized spacial score (nSPS) is 10.8. The van der Waals surface area contributed by atoms with E-state index < -0.39 is 0 Å². The van der Waals surface area contributed by atoms with Crippen molar-refractivity contribution in [1.29, 1.82) is 0 Å². The molecule has 0 bridgehead atoms. The molecule has 3 heteroatoms. The second kappa shape index (κ2) is 6.22. The topological polar surface area (TPSA) is 21.6 Å². The number of hydrogen-bond donors (Lipinski definition) is 0. The first-order valence-electron chi connectivity index (χ1n) is 5.63. The van der Waals surface area contributed by atoms with E-state index in [4.69, 9.17) is 16.4 Å². The fourth-order valence-corrected chi connectivity index (χ4v) is 1.74. The maximum atomic E-state index is 5.85. The van der Waals surface area contributed by atoms with Crippen LogP contribution >= 0.6 is 11.6 Å². The monoisotopic (exact) mass is 258 g/mol. The second-order valence-electron chi connectivity index (χ2n) is 3.98. The van der Waals surface area contributed by atoms with Gasteiger partial charge in [0, 0.05) is 10.6 Å². The third-order valence-electron chi connectivity index (χ3n) is 2.38. The molecule has 0 N–H and O–H groups in total. The van der Waals surface area contributed by atoms with Crippen molar-refractivity contribution in [2.45, 2.75) is 13.5 Å². The summed E-state index contributed by atoms with van der Waals surface area (Å²) in [5, 5.41) is 4.46. The van der Waals surface area contributed by atoms with E-state index in [0.717, 1.165) is 11.1 Å². The molecule has 1 radical (unpaired) electrons. The number of benzene rings is 2. The number of halogens is 1. The predicted molar refractivity (Wildman–Crippen MR) is 74.0 cm³/mol. The van der Waals surface area contributed by atoms with Crippen LogP contribution in [0.5, 0.6) is 0 Å². The summed E-state index contributed by atoms with van der Waals surface area (Å²) in [5.74, 6) is 0. The van der Waals surface area contributed by atoms with E-state index in [1.807, 2.05) is 37.3 Å². The molecule has 0 aromatic heterocycles. The molecule has 0 atom stereocenters. The van der Waals surface area contributed by atoms with Gasteiger partial charge in [-0.15, -0.1) is 0 Å². The Kier molecular flexibility index (Phi) is 4.37. The van der Waals surface area contributed by atoms with Gasteiger partial charge in [-0.05, 0) is 24.6 Å². The van der Waals surface area contributed by atoms with Crippen LogP contribution in [0.15, 0.2) is 53.7 Å². The van der Waals surface area contributed by atoms with Crippen molar-refractivity contribution in [3.05, 3.63) is 70.2 Å². The third-order valence-corrected chi connectivity index (χ3v) is 2.61. The smallest absolute Gasteiger partial charge is 0.142 e. The number of hydrogen-bond acceptors (Lipinski definition) is 2. The molecule has 2 aromatic carbocycles. The van der Waals surface area contributed by atoms with Crippen LogP contribution in [-0.2, 0) is 11.4 Å². The molecule has 0 saturated carbocycles. The Hall–Kier alpha value is -1.80. The van der Waals surface area contributed by atoms with E-state index in [1.165, 1.54) is 5.56 Å². The zero-order valence-corrected chi connectivity index (χ0v) is 10.8. The summed E-state index contributed by atoms with van der Waals surface area (Å²) in [6.45, 7) is 2.49. The van der Waals surface area contributed by atoms with E-state index in [0.29, 0.717) is 11.6 Å². The first-order chi connectivity index (χ1) is 8.74. The van der Waals surface area contributed by atoms with Crippen LogP contribution in [0.4, 0.5) is 0 Å². The Morgan fingerprint density at radius 1 is 1.17 bits per heavy atom. The van der Waals surface area contributed by atoms with Gasteiger partial charge in [-0.1, -0.05) is 58.7 Å². The van der Waals surface area contributed by atoms with Gasteiger partial charge in [-0.3, -0.25) is 0 Å². The number of aryl methyl sites for hydroxylation is 1. The summed E-state index contributed by atoms with van der Waals surface area (Å²) in [6.07, 6.45) is 2.79. The highest BCUT2D eigenvalue weighted by atomic mass is 35.5. The molecule has 0 saturated heterocycles. The maximum Gasteiger partial charge on any atom is 0.142 e. The van der Waals surface area contributed by atoms with Gasteiger partial charge in [-0.25, -0.2) is 0 Å². The maximum absolute atomic E-state index is 5.85. The Balaban J connectivity index is 1.89. The van der Waals surface area contributed by atoms with Gasteiger partial charge in [0.25, 0.3) is 0 Å². The molecule has 0 amide bonds. The quantitative estimate of drug-likeness (QED) is 0.598. The van der Waals surface area contributed by atoms with Gasteiger partial charge >= 0.3 is 0 Å². The summed E-state index contributed by atoms with van der Waals surface area (Å²) in [7, 11) is 0. The van der Waals surface area contributed by atoms with Crippen LogP contribution in [0, 0.1) is 6.92 Å². The van der Waals surface area contributed by atoms with Crippen molar-refractivity contribution in [1.82, 2.24) is 0 Å². The van der Waals surface area contributed by atoms with E-state index in [-0.39, 0.29) is 0 Å². The van der Waals surface area contributed by atoms with Crippen LogP contribution < -0.4 is 0 Å². The number of rotatable bonds is 4. The SMILES string of the molecule is Cc1cccc(CO/N=[C]\c2cccc(Cl)c2)c1. The summed E-state index contributed by atoms with van der Waals surface area (Å²) in [6, 6.07) is 15.4. The van der Waals surface area contributed by atoms with Crippen molar-refractivity contribution in [3.63, 3.8) is 0 Å². The molecule has 2 aromatic rings. The third kappa shape index (κ3) is 3.90. The Bertz CT molecular complexity index is 552. The van der Waals surface area contributed by atoms with E-state index in [1.54, 1.807) is 12.1 Å². The summed E-state index contributed by atoms with van der Waals surface area (Å²) in [5.41, 5.74) is 3.09. The van der Waals surface area contributed by atoms with Crippen LogP contribution in [0.25, 0.3) is 0 Å². The minimum atomic E-state index is 0.440. The fourth-order valence-electron chi connectivity index (χ4n) is 1.55. The molecule has 0 spiro atoms. The zero-order chi connectivity index (χ0) is 12.8. The predicted octanol–water partition coefficient (Wildman–Crippen LogP) is 4.08.